The van der Waals surface area contributed by atoms with Gasteiger partial charge in [0, 0.05) is 10.0 Å². The molecule has 7 heteroatoms. The van der Waals surface area contributed by atoms with Crippen LogP contribution in [0.4, 0.5) is 15.8 Å². The van der Waals surface area contributed by atoms with Crippen molar-refractivity contribution in [3.05, 3.63) is 56.2 Å². The molecule has 0 radical (unpaired) electrons. The van der Waals surface area contributed by atoms with Crippen molar-refractivity contribution in [2.24, 2.45) is 0 Å². The van der Waals surface area contributed by atoms with E-state index in [2.05, 4.69) is 21.2 Å². The van der Waals surface area contributed by atoms with Gasteiger partial charge in [-0.1, -0.05) is 23.2 Å². The molecule has 0 heterocycles. The maximum Gasteiger partial charge on any atom is 0.255 e. The highest BCUT2D eigenvalue weighted by molar-refractivity contribution is 9.10. The van der Waals surface area contributed by atoms with Crippen LogP contribution in [0.3, 0.4) is 0 Å². The molecule has 0 aliphatic heterocycles. The lowest BCUT2D eigenvalue weighted by atomic mass is 10.2. The molecule has 3 nitrogen and oxygen atoms in total. The Kier molecular flexibility index (Phi) is 4.52. The lowest BCUT2D eigenvalue weighted by Crippen LogP contribution is -2.13. The topological polar surface area (TPSA) is 55.1 Å². The predicted molar refractivity (Wildman–Crippen MR) is 82.9 cm³/mol. The van der Waals surface area contributed by atoms with Crippen LogP contribution in [-0.4, -0.2) is 5.91 Å². The lowest BCUT2D eigenvalue weighted by molar-refractivity contribution is 0.102. The first-order chi connectivity index (χ1) is 9.40. The standard InChI is InChI=1S/C13H8BrCl2FN2O/c14-7-2-4-10(12(16)11(7)15)19-13(20)6-1-3-9(18)8(17)5-6/h1-5H,18H2,(H,19,20). The van der Waals surface area contributed by atoms with Gasteiger partial charge in [0.1, 0.15) is 5.82 Å². The Morgan fingerprint density at radius 2 is 1.90 bits per heavy atom. The van der Waals surface area contributed by atoms with Crippen molar-refractivity contribution in [1.82, 2.24) is 0 Å². The number of amides is 1. The van der Waals surface area contributed by atoms with Crippen LogP contribution in [0.2, 0.25) is 10.0 Å². The van der Waals surface area contributed by atoms with Crippen LogP contribution in [0.1, 0.15) is 10.4 Å². The molecule has 0 spiro atoms. The molecule has 1 amide bonds. The fraction of sp³-hybridized carbons (Fsp3) is 0. The van der Waals surface area contributed by atoms with Gasteiger partial charge in [0.15, 0.2) is 0 Å². The van der Waals surface area contributed by atoms with Crippen molar-refractivity contribution >= 4 is 56.4 Å². The SMILES string of the molecule is Nc1ccc(C(=O)Nc2ccc(Br)c(Cl)c2Cl)cc1F. The maximum absolute atomic E-state index is 13.3. The van der Waals surface area contributed by atoms with Crippen molar-refractivity contribution in [1.29, 1.82) is 0 Å². The van der Waals surface area contributed by atoms with Crippen molar-refractivity contribution in [3.63, 3.8) is 0 Å². The highest BCUT2D eigenvalue weighted by Crippen LogP contribution is 2.36. The van der Waals surface area contributed by atoms with Gasteiger partial charge in [0.05, 0.1) is 21.4 Å². The number of nitrogens with one attached hydrogen (secondary N) is 1. The molecule has 0 aliphatic rings. The number of anilines is 2. The molecule has 0 unspecified atom stereocenters. The van der Waals surface area contributed by atoms with Gasteiger partial charge >= 0.3 is 0 Å². The number of halogens is 4. The number of nitrogen functional groups attached to an aromatic ring is 1. The zero-order valence-corrected chi connectivity index (χ0v) is 13.0. The first kappa shape index (κ1) is 15.1. The fourth-order valence-corrected chi connectivity index (χ4v) is 2.31. The summed E-state index contributed by atoms with van der Waals surface area (Å²) in [5.74, 6) is -1.17. The molecule has 0 aromatic heterocycles. The van der Waals surface area contributed by atoms with Gasteiger partial charge in [0.25, 0.3) is 5.91 Å². The quantitative estimate of drug-likeness (QED) is 0.587. The first-order valence-corrected chi connectivity index (χ1v) is 6.95. The second-order valence-electron chi connectivity index (χ2n) is 3.91. The molecule has 2 aromatic carbocycles. The molecule has 0 fully saturated rings. The van der Waals surface area contributed by atoms with Crippen molar-refractivity contribution in [2.45, 2.75) is 0 Å². The summed E-state index contributed by atoms with van der Waals surface area (Å²) in [7, 11) is 0. The second-order valence-corrected chi connectivity index (χ2v) is 5.52. The molecule has 0 aliphatic carbocycles. The van der Waals surface area contributed by atoms with Crippen molar-refractivity contribution < 1.29 is 9.18 Å². The molecule has 104 valence electrons. The van der Waals surface area contributed by atoms with E-state index in [1.807, 2.05) is 0 Å². The minimum absolute atomic E-state index is 0.0220. The molecule has 0 bridgehead atoms. The second kappa shape index (κ2) is 5.99. The van der Waals surface area contributed by atoms with Gasteiger partial charge in [-0.2, -0.15) is 0 Å². The van der Waals surface area contributed by atoms with Crippen LogP contribution in [0.25, 0.3) is 0 Å². The maximum atomic E-state index is 13.3. The summed E-state index contributed by atoms with van der Waals surface area (Å²) >= 11 is 15.2. The Labute approximate surface area is 133 Å². The molecule has 2 rings (SSSR count). The van der Waals surface area contributed by atoms with E-state index in [9.17, 15) is 9.18 Å². The first-order valence-electron chi connectivity index (χ1n) is 5.40. The smallest absolute Gasteiger partial charge is 0.255 e. The molecule has 2 aromatic rings. The summed E-state index contributed by atoms with van der Waals surface area (Å²) < 4.78 is 13.9. The van der Waals surface area contributed by atoms with Crippen molar-refractivity contribution in [2.75, 3.05) is 11.1 Å². The van der Waals surface area contributed by atoms with E-state index in [0.29, 0.717) is 10.2 Å². The Morgan fingerprint density at radius 3 is 2.55 bits per heavy atom. The number of carbonyl (C=O) groups excluding carboxylic acids is 1. The third kappa shape index (κ3) is 3.06. The van der Waals surface area contributed by atoms with E-state index in [-0.39, 0.29) is 21.3 Å². The number of carbonyl (C=O) groups is 1. The van der Waals surface area contributed by atoms with Gasteiger partial charge < -0.3 is 11.1 Å². The molecule has 0 saturated heterocycles. The van der Waals surface area contributed by atoms with E-state index in [4.69, 9.17) is 28.9 Å². The monoisotopic (exact) mass is 376 g/mol. The Morgan fingerprint density at radius 1 is 1.20 bits per heavy atom. The number of hydrogen-bond donors (Lipinski definition) is 2. The van der Waals surface area contributed by atoms with Crippen LogP contribution in [0.15, 0.2) is 34.8 Å². The number of rotatable bonds is 2. The van der Waals surface area contributed by atoms with Crippen LogP contribution in [-0.2, 0) is 0 Å². The van der Waals surface area contributed by atoms with Crippen LogP contribution < -0.4 is 11.1 Å². The minimum atomic E-state index is -0.655. The molecular formula is C13H8BrCl2FN2O. The Bertz CT molecular complexity index is 694. The summed E-state index contributed by atoms with van der Waals surface area (Å²) in [5, 5.41) is 3.04. The largest absolute Gasteiger partial charge is 0.396 e. The Hall–Kier alpha value is -1.30. The minimum Gasteiger partial charge on any atom is -0.396 e. The van der Waals surface area contributed by atoms with Crippen molar-refractivity contribution in [3.8, 4) is 0 Å². The van der Waals surface area contributed by atoms with Crippen LogP contribution in [0, 0.1) is 5.82 Å². The van der Waals surface area contributed by atoms with Crippen LogP contribution >= 0.6 is 39.1 Å². The average Bonchev–Trinajstić information content (AvgIpc) is 2.42. The summed E-state index contributed by atoms with van der Waals surface area (Å²) in [5.41, 5.74) is 5.80. The third-order valence-corrected chi connectivity index (χ3v) is 4.32. The van der Waals surface area contributed by atoms with E-state index in [1.54, 1.807) is 12.1 Å². The van der Waals surface area contributed by atoms with Crippen LogP contribution in [0.5, 0.6) is 0 Å². The summed E-state index contributed by atoms with van der Waals surface area (Å²) in [6.07, 6.45) is 0. The van der Waals surface area contributed by atoms with Gasteiger partial charge in [-0.05, 0) is 46.3 Å². The fourth-order valence-electron chi connectivity index (χ4n) is 1.49. The zero-order chi connectivity index (χ0) is 14.9. The third-order valence-electron chi connectivity index (χ3n) is 2.55. The molecule has 0 saturated carbocycles. The molecule has 20 heavy (non-hydrogen) atoms. The van der Waals surface area contributed by atoms with E-state index < -0.39 is 11.7 Å². The molecule has 3 N–H and O–H groups in total. The summed E-state index contributed by atoms with van der Waals surface area (Å²) in [6.45, 7) is 0. The summed E-state index contributed by atoms with van der Waals surface area (Å²) in [4.78, 5) is 12.0. The van der Waals surface area contributed by atoms with Gasteiger partial charge in [0.2, 0.25) is 0 Å². The van der Waals surface area contributed by atoms with E-state index in [0.717, 1.165) is 6.07 Å². The normalized spacial score (nSPS) is 10.4. The molecule has 0 atom stereocenters. The van der Waals surface area contributed by atoms with E-state index >= 15 is 0 Å². The molecular weight excluding hydrogens is 370 g/mol. The predicted octanol–water partition coefficient (Wildman–Crippen LogP) is 4.73. The van der Waals surface area contributed by atoms with Gasteiger partial charge in [-0.3, -0.25) is 4.79 Å². The van der Waals surface area contributed by atoms with E-state index in [1.165, 1.54) is 12.1 Å². The van der Waals surface area contributed by atoms with Gasteiger partial charge in [-0.25, -0.2) is 4.39 Å². The zero-order valence-electron chi connectivity index (χ0n) is 9.88. The number of hydrogen-bond acceptors (Lipinski definition) is 2. The highest BCUT2D eigenvalue weighted by atomic mass is 79.9. The van der Waals surface area contributed by atoms with Gasteiger partial charge in [-0.15, -0.1) is 0 Å². The number of benzene rings is 2. The lowest BCUT2D eigenvalue weighted by Gasteiger charge is -2.09. The average molecular weight is 378 g/mol. The summed E-state index contributed by atoms with van der Waals surface area (Å²) in [6, 6.07) is 7.03. The Balaban J connectivity index is 2.28. The number of nitrogens with two attached hydrogens (primary N) is 1. The highest BCUT2D eigenvalue weighted by Gasteiger charge is 2.13.